The molecule has 0 saturated heterocycles. The molecule has 0 aliphatic heterocycles. The SMILES string of the molecule is COc1cc(C(=O)Nc2ccc(C)cc2O)ccc1OCCC(C)C. The van der Waals surface area contributed by atoms with E-state index in [1.165, 1.54) is 7.11 Å². The lowest BCUT2D eigenvalue weighted by Crippen LogP contribution is -2.12. The Balaban J connectivity index is 2.11. The summed E-state index contributed by atoms with van der Waals surface area (Å²) in [7, 11) is 1.54. The second-order valence-corrected chi connectivity index (χ2v) is 6.37. The van der Waals surface area contributed by atoms with Crippen LogP contribution in [-0.2, 0) is 0 Å². The molecule has 1 amide bonds. The minimum atomic E-state index is -0.328. The van der Waals surface area contributed by atoms with Crippen molar-refractivity contribution in [3.63, 3.8) is 0 Å². The highest BCUT2D eigenvalue weighted by atomic mass is 16.5. The van der Waals surface area contributed by atoms with Crippen molar-refractivity contribution in [3.8, 4) is 17.2 Å². The van der Waals surface area contributed by atoms with Crippen LogP contribution in [-0.4, -0.2) is 24.7 Å². The fourth-order valence-electron chi connectivity index (χ4n) is 2.27. The number of aryl methyl sites for hydroxylation is 1. The van der Waals surface area contributed by atoms with Crippen molar-refractivity contribution in [2.24, 2.45) is 5.92 Å². The Morgan fingerprint density at radius 2 is 1.92 bits per heavy atom. The molecule has 0 saturated carbocycles. The predicted octanol–water partition coefficient (Wildman–Crippen LogP) is 4.39. The van der Waals surface area contributed by atoms with Gasteiger partial charge in [-0.3, -0.25) is 4.79 Å². The van der Waals surface area contributed by atoms with E-state index < -0.39 is 0 Å². The summed E-state index contributed by atoms with van der Waals surface area (Å²) < 4.78 is 11.1. The zero-order chi connectivity index (χ0) is 18.4. The van der Waals surface area contributed by atoms with Gasteiger partial charge in [-0.1, -0.05) is 19.9 Å². The van der Waals surface area contributed by atoms with Crippen LogP contribution in [0, 0.1) is 12.8 Å². The van der Waals surface area contributed by atoms with Gasteiger partial charge in [0.05, 0.1) is 19.4 Å². The number of carbonyl (C=O) groups is 1. The second-order valence-electron chi connectivity index (χ2n) is 6.37. The summed E-state index contributed by atoms with van der Waals surface area (Å²) in [4.78, 5) is 12.4. The lowest BCUT2D eigenvalue weighted by Gasteiger charge is -2.13. The number of benzene rings is 2. The van der Waals surface area contributed by atoms with Gasteiger partial charge in [0.15, 0.2) is 11.5 Å². The average Bonchev–Trinajstić information content (AvgIpc) is 2.57. The molecule has 0 aliphatic carbocycles. The Morgan fingerprint density at radius 1 is 1.16 bits per heavy atom. The highest BCUT2D eigenvalue weighted by Gasteiger charge is 2.13. The first kappa shape index (κ1) is 18.6. The summed E-state index contributed by atoms with van der Waals surface area (Å²) >= 11 is 0. The minimum absolute atomic E-state index is 0.0361. The third-order valence-corrected chi connectivity index (χ3v) is 3.78. The number of methoxy groups -OCH3 is 1. The summed E-state index contributed by atoms with van der Waals surface area (Å²) in [6.45, 7) is 6.73. The number of nitrogens with one attached hydrogen (secondary N) is 1. The van der Waals surface area contributed by atoms with Crippen LogP contribution in [0.1, 0.15) is 36.2 Å². The highest BCUT2D eigenvalue weighted by Crippen LogP contribution is 2.30. The van der Waals surface area contributed by atoms with Gasteiger partial charge < -0.3 is 19.9 Å². The van der Waals surface area contributed by atoms with Crippen LogP contribution in [0.25, 0.3) is 0 Å². The first-order chi connectivity index (χ1) is 11.9. The normalized spacial score (nSPS) is 10.6. The molecule has 0 fully saturated rings. The lowest BCUT2D eigenvalue weighted by molar-refractivity contribution is 0.102. The molecule has 2 aromatic carbocycles. The molecule has 0 heterocycles. The van der Waals surface area contributed by atoms with Gasteiger partial charge in [0.1, 0.15) is 5.75 Å². The van der Waals surface area contributed by atoms with E-state index in [0.29, 0.717) is 35.3 Å². The van der Waals surface area contributed by atoms with Crippen molar-refractivity contribution in [1.29, 1.82) is 0 Å². The van der Waals surface area contributed by atoms with Crippen LogP contribution >= 0.6 is 0 Å². The molecule has 2 rings (SSSR count). The zero-order valence-electron chi connectivity index (χ0n) is 15.1. The summed E-state index contributed by atoms with van der Waals surface area (Å²) in [6.07, 6.45) is 0.943. The number of carbonyl (C=O) groups excluding carboxylic acids is 1. The van der Waals surface area contributed by atoms with E-state index in [-0.39, 0.29) is 11.7 Å². The maximum absolute atomic E-state index is 12.4. The molecule has 5 nitrogen and oxygen atoms in total. The van der Waals surface area contributed by atoms with E-state index in [4.69, 9.17) is 9.47 Å². The van der Waals surface area contributed by atoms with E-state index in [2.05, 4.69) is 19.2 Å². The van der Waals surface area contributed by atoms with Crippen LogP contribution in [0.4, 0.5) is 5.69 Å². The summed E-state index contributed by atoms with van der Waals surface area (Å²) in [5.41, 5.74) is 1.71. The van der Waals surface area contributed by atoms with Crippen LogP contribution in [0.2, 0.25) is 0 Å². The van der Waals surface area contributed by atoms with Gasteiger partial charge in [-0.05, 0) is 55.2 Å². The number of aromatic hydroxyl groups is 1. The average molecular weight is 343 g/mol. The monoisotopic (exact) mass is 343 g/mol. The van der Waals surface area contributed by atoms with E-state index >= 15 is 0 Å². The third kappa shape index (κ3) is 5.14. The molecule has 0 bridgehead atoms. The molecule has 0 unspecified atom stereocenters. The summed E-state index contributed by atoms with van der Waals surface area (Å²) in [5, 5.41) is 12.6. The number of phenols is 1. The molecule has 0 atom stereocenters. The molecule has 0 spiro atoms. The molecule has 25 heavy (non-hydrogen) atoms. The van der Waals surface area contributed by atoms with Crippen molar-refractivity contribution in [3.05, 3.63) is 47.5 Å². The fourth-order valence-corrected chi connectivity index (χ4v) is 2.27. The molecule has 5 heteroatoms. The molecule has 0 radical (unpaired) electrons. The second kappa shape index (κ2) is 8.42. The standard InChI is InChI=1S/C20H25NO4/c1-13(2)9-10-25-18-8-6-15(12-19(18)24-4)20(23)21-16-7-5-14(3)11-17(16)22/h5-8,11-13,22H,9-10H2,1-4H3,(H,21,23). The first-order valence-electron chi connectivity index (χ1n) is 8.32. The number of phenolic OH excluding ortho intramolecular Hbond substituents is 1. The smallest absolute Gasteiger partial charge is 0.255 e. The summed E-state index contributed by atoms with van der Waals surface area (Å²) in [6, 6.07) is 10.1. The molecule has 134 valence electrons. The molecule has 0 aromatic heterocycles. The van der Waals surface area contributed by atoms with E-state index in [9.17, 15) is 9.90 Å². The maximum atomic E-state index is 12.4. The van der Waals surface area contributed by atoms with Crippen molar-refractivity contribution in [2.75, 3.05) is 19.0 Å². The molecule has 2 N–H and O–H groups in total. The number of amides is 1. The van der Waals surface area contributed by atoms with Crippen LogP contribution in [0.3, 0.4) is 0 Å². The van der Waals surface area contributed by atoms with E-state index in [1.807, 2.05) is 13.0 Å². The van der Waals surface area contributed by atoms with Crippen LogP contribution in [0.5, 0.6) is 17.2 Å². The van der Waals surface area contributed by atoms with Crippen LogP contribution < -0.4 is 14.8 Å². The molecular formula is C20H25NO4. The van der Waals surface area contributed by atoms with Gasteiger partial charge in [-0.2, -0.15) is 0 Å². The van der Waals surface area contributed by atoms with Gasteiger partial charge in [-0.25, -0.2) is 0 Å². The van der Waals surface area contributed by atoms with E-state index in [0.717, 1.165) is 12.0 Å². The third-order valence-electron chi connectivity index (χ3n) is 3.78. The number of ether oxygens (including phenoxy) is 2. The van der Waals surface area contributed by atoms with Gasteiger partial charge in [0.25, 0.3) is 5.91 Å². The minimum Gasteiger partial charge on any atom is -0.506 e. The Hall–Kier alpha value is -2.69. The van der Waals surface area contributed by atoms with Gasteiger partial charge >= 0.3 is 0 Å². The Kier molecular flexibility index (Phi) is 6.28. The van der Waals surface area contributed by atoms with Crippen molar-refractivity contribution < 1.29 is 19.4 Å². The Morgan fingerprint density at radius 3 is 2.56 bits per heavy atom. The predicted molar refractivity (Wildman–Crippen MR) is 98.7 cm³/mol. The Labute approximate surface area is 148 Å². The number of anilines is 1. The van der Waals surface area contributed by atoms with E-state index in [1.54, 1.807) is 30.3 Å². The van der Waals surface area contributed by atoms with Crippen molar-refractivity contribution in [1.82, 2.24) is 0 Å². The topological polar surface area (TPSA) is 67.8 Å². The molecular weight excluding hydrogens is 318 g/mol. The van der Waals surface area contributed by atoms with Crippen LogP contribution in [0.15, 0.2) is 36.4 Å². The summed E-state index contributed by atoms with van der Waals surface area (Å²) in [5.74, 6) is 1.38. The Bertz CT molecular complexity index is 740. The van der Waals surface area contributed by atoms with Gasteiger partial charge in [0, 0.05) is 5.56 Å². The molecule has 0 aliphatic rings. The number of rotatable bonds is 7. The van der Waals surface area contributed by atoms with Crippen molar-refractivity contribution in [2.45, 2.75) is 27.2 Å². The largest absolute Gasteiger partial charge is 0.506 e. The highest BCUT2D eigenvalue weighted by molar-refractivity contribution is 6.05. The fraction of sp³-hybridized carbons (Fsp3) is 0.350. The van der Waals surface area contributed by atoms with Gasteiger partial charge in [-0.15, -0.1) is 0 Å². The number of hydrogen-bond donors (Lipinski definition) is 2. The quantitative estimate of drug-likeness (QED) is 0.732. The van der Waals surface area contributed by atoms with Crippen molar-refractivity contribution >= 4 is 11.6 Å². The van der Waals surface area contributed by atoms with Gasteiger partial charge in [0.2, 0.25) is 0 Å². The number of hydrogen-bond acceptors (Lipinski definition) is 4. The maximum Gasteiger partial charge on any atom is 0.255 e. The molecule has 2 aromatic rings. The zero-order valence-corrected chi connectivity index (χ0v) is 15.1. The first-order valence-corrected chi connectivity index (χ1v) is 8.32. The lowest BCUT2D eigenvalue weighted by atomic mass is 10.1.